The fourth-order valence-electron chi connectivity index (χ4n) is 2.39. The Labute approximate surface area is 115 Å². The van der Waals surface area contributed by atoms with E-state index >= 15 is 0 Å². The topological polar surface area (TPSA) is 67.4 Å². The van der Waals surface area contributed by atoms with E-state index in [-0.39, 0.29) is 11.9 Å². The van der Waals surface area contributed by atoms with Crippen LogP contribution in [-0.4, -0.2) is 38.1 Å². The van der Waals surface area contributed by atoms with E-state index in [2.05, 4.69) is 10.6 Å². The first-order valence-electron chi connectivity index (χ1n) is 7.10. The van der Waals surface area contributed by atoms with Gasteiger partial charge in [0.2, 0.25) is 5.91 Å². The smallest absolute Gasteiger partial charge is 0.328 e. The molecule has 1 saturated heterocycles. The zero-order valence-corrected chi connectivity index (χ0v) is 12.2. The summed E-state index contributed by atoms with van der Waals surface area (Å²) < 4.78 is 4.73. The van der Waals surface area contributed by atoms with Crippen LogP contribution in [0.4, 0.5) is 0 Å². The molecule has 0 radical (unpaired) electrons. The summed E-state index contributed by atoms with van der Waals surface area (Å²) in [6.45, 7) is 6.09. The second-order valence-electron chi connectivity index (χ2n) is 5.67. The molecule has 5 heteroatoms. The Morgan fingerprint density at radius 3 is 2.68 bits per heavy atom. The minimum absolute atomic E-state index is 0.0528. The van der Waals surface area contributed by atoms with Gasteiger partial charge in [-0.2, -0.15) is 0 Å². The molecular formula is C14H26N2O3. The predicted molar refractivity (Wildman–Crippen MR) is 73.6 cm³/mol. The van der Waals surface area contributed by atoms with Gasteiger partial charge in [0.1, 0.15) is 6.04 Å². The first-order valence-corrected chi connectivity index (χ1v) is 7.10. The van der Waals surface area contributed by atoms with Crippen LogP contribution >= 0.6 is 0 Å². The number of carbonyl (C=O) groups is 2. The summed E-state index contributed by atoms with van der Waals surface area (Å²) in [7, 11) is 1.35. The Balaban J connectivity index is 2.34. The van der Waals surface area contributed by atoms with Crippen LogP contribution in [0.3, 0.4) is 0 Å². The molecule has 19 heavy (non-hydrogen) atoms. The third-order valence-corrected chi connectivity index (χ3v) is 3.47. The molecule has 0 spiro atoms. The molecule has 1 aliphatic heterocycles. The van der Waals surface area contributed by atoms with Crippen LogP contribution in [0, 0.1) is 11.8 Å². The molecule has 1 unspecified atom stereocenters. The molecule has 0 aromatic heterocycles. The van der Waals surface area contributed by atoms with Crippen molar-refractivity contribution in [2.24, 2.45) is 11.8 Å². The molecule has 1 heterocycles. The number of hydrogen-bond acceptors (Lipinski definition) is 4. The molecule has 0 aromatic rings. The Bertz CT molecular complexity index is 299. The Morgan fingerprint density at radius 1 is 1.42 bits per heavy atom. The van der Waals surface area contributed by atoms with Gasteiger partial charge in [-0.1, -0.05) is 13.8 Å². The van der Waals surface area contributed by atoms with E-state index in [0.717, 1.165) is 25.9 Å². The van der Waals surface area contributed by atoms with Crippen molar-refractivity contribution < 1.29 is 14.3 Å². The molecule has 2 atom stereocenters. The van der Waals surface area contributed by atoms with E-state index in [9.17, 15) is 9.59 Å². The number of rotatable bonds is 7. The number of hydrogen-bond donors (Lipinski definition) is 2. The fourth-order valence-corrected chi connectivity index (χ4v) is 2.39. The SMILES string of the molecule is COC(=O)[C@H](CC(C)C)NC(=O)CCC1CCNC1. The van der Waals surface area contributed by atoms with Crippen molar-refractivity contribution in [1.29, 1.82) is 0 Å². The van der Waals surface area contributed by atoms with Crippen LogP contribution in [0.25, 0.3) is 0 Å². The van der Waals surface area contributed by atoms with Gasteiger partial charge >= 0.3 is 5.97 Å². The van der Waals surface area contributed by atoms with Crippen LogP contribution in [0.1, 0.15) is 39.5 Å². The molecule has 1 amide bonds. The van der Waals surface area contributed by atoms with Gasteiger partial charge in [-0.3, -0.25) is 4.79 Å². The zero-order chi connectivity index (χ0) is 14.3. The lowest BCUT2D eigenvalue weighted by molar-refractivity contribution is -0.145. The summed E-state index contributed by atoms with van der Waals surface area (Å²) in [5.74, 6) is 0.517. The van der Waals surface area contributed by atoms with Gasteiger partial charge in [0.05, 0.1) is 7.11 Å². The van der Waals surface area contributed by atoms with Crippen molar-refractivity contribution >= 4 is 11.9 Å². The quantitative estimate of drug-likeness (QED) is 0.679. The van der Waals surface area contributed by atoms with Gasteiger partial charge in [-0.25, -0.2) is 4.79 Å². The lowest BCUT2D eigenvalue weighted by Crippen LogP contribution is -2.42. The molecule has 1 rings (SSSR count). The monoisotopic (exact) mass is 270 g/mol. The minimum atomic E-state index is -0.515. The third-order valence-electron chi connectivity index (χ3n) is 3.47. The van der Waals surface area contributed by atoms with Crippen molar-refractivity contribution in [1.82, 2.24) is 10.6 Å². The third kappa shape index (κ3) is 6.05. The maximum absolute atomic E-state index is 11.9. The lowest BCUT2D eigenvalue weighted by atomic mass is 10.0. The molecule has 2 N–H and O–H groups in total. The molecule has 5 nitrogen and oxygen atoms in total. The number of methoxy groups -OCH3 is 1. The second-order valence-corrected chi connectivity index (χ2v) is 5.67. The van der Waals surface area contributed by atoms with E-state index < -0.39 is 6.04 Å². The highest BCUT2D eigenvalue weighted by Gasteiger charge is 2.23. The van der Waals surface area contributed by atoms with Crippen LogP contribution in [0.2, 0.25) is 0 Å². The van der Waals surface area contributed by atoms with Gasteiger partial charge in [0.15, 0.2) is 0 Å². The summed E-state index contributed by atoms with van der Waals surface area (Å²) in [6, 6.07) is -0.515. The van der Waals surface area contributed by atoms with E-state index in [1.54, 1.807) is 0 Å². The van der Waals surface area contributed by atoms with Gasteiger partial charge in [0, 0.05) is 6.42 Å². The highest BCUT2D eigenvalue weighted by Crippen LogP contribution is 2.14. The zero-order valence-electron chi connectivity index (χ0n) is 12.2. The fraction of sp³-hybridized carbons (Fsp3) is 0.857. The summed E-state index contributed by atoms with van der Waals surface area (Å²) >= 11 is 0. The molecule has 0 bridgehead atoms. The Morgan fingerprint density at radius 2 is 2.16 bits per heavy atom. The number of amides is 1. The molecule has 0 aromatic carbocycles. The molecule has 110 valence electrons. The van der Waals surface area contributed by atoms with E-state index in [1.807, 2.05) is 13.8 Å². The highest BCUT2D eigenvalue weighted by atomic mass is 16.5. The molecule has 0 aliphatic carbocycles. The van der Waals surface area contributed by atoms with Crippen molar-refractivity contribution in [2.45, 2.75) is 45.6 Å². The second kappa shape index (κ2) is 8.15. The Hall–Kier alpha value is -1.10. The Kier molecular flexibility index (Phi) is 6.84. The molecule has 0 saturated carbocycles. The average molecular weight is 270 g/mol. The van der Waals surface area contributed by atoms with Crippen LogP contribution < -0.4 is 10.6 Å². The first-order chi connectivity index (χ1) is 9.02. The number of carbonyl (C=O) groups excluding carboxylic acids is 2. The standard InChI is InChI=1S/C14H26N2O3/c1-10(2)8-12(14(18)19-3)16-13(17)5-4-11-6-7-15-9-11/h10-12,15H,4-9H2,1-3H3,(H,16,17)/t11?,12-/m0/s1. The van der Waals surface area contributed by atoms with Crippen molar-refractivity contribution in [2.75, 3.05) is 20.2 Å². The normalized spacial score (nSPS) is 20.3. The summed E-state index contributed by atoms with van der Waals surface area (Å²) in [5.41, 5.74) is 0. The van der Waals surface area contributed by atoms with Crippen molar-refractivity contribution in [3.8, 4) is 0 Å². The highest BCUT2D eigenvalue weighted by molar-refractivity contribution is 5.84. The van der Waals surface area contributed by atoms with E-state index in [4.69, 9.17) is 4.74 Å². The maximum Gasteiger partial charge on any atom is 0.328 e. The molecule has 1 aliphatic rings. The number of esters is 1. The molecular weight excluding hydrogens is 244 g/mol. The van der Waals surface area contributed by atoms with Crippen LogP contribution in [0.15, 0.2) is 0 Å². The average Bonchev–Trinajstić information content (AvgIpc) is 2.87. The van der Waals surface area contributed by atoms with E-state index in [0.29, 0.717) is 24.7 Å². The van der Waals surface area contributed by atoms with Crippen molar-refractivity contribution in [3.63, 3.8) is 0 Å². The van der Waals surface area contributed by atoms with Gasteiger partial charge in [-0.05, 0) is 44.2 Å². The molecule has 1 fully saturated rings. The van der Waals surface area contributed by atoms with Gasteiger partial charge in [-0.15, -0.1) is 0 Å². The predicted octanol–water partition coefficient (Wildman–Crippen LogP) is 1.08. The first kappa shape index (κ1) is 16.0. The van der Waals surface area contributed by atoms with Crippen LogP contribution in [-0.2, 0) is 14.3 Å². The minimum Gasteiger partial charge on any atom is -0.467 e. The number of nitrogens with one attached hydrogen (secondary N) is 2. The number of ether oxygens (including phenoxy) is 1. The van der Waals surface area contributed by atoms with E-state index in [1.165, 1.54) is 7.11 Å². The van der Waals surface area contributed by atoms with Gasteiger partial charge < -0.3 is 15.4 Å². The maximum atomic E-state index is 11.9. The summed E-state index contributed by atoms with van der Waals surface area (Å²) in [5, 5.41) is 6.07. The largest absolute Gasteiger partial charge is 0.467 e. The van der Waals surface area contributed by atoms with Gasteiger partial charge in [0.25, 0.3) is 0 Å². The van der Waals surface area contributed by atoms with Crippen molar-refractivity contribution in [3.05, 3.63) is 0 Å². The lowest BCUT2D eigenvalue weighted by Gasteiger charge is -2.18. The summed E-state index contributed by atoms with van der Waals surface area (Å²) in [4.78, 5) is 23.5. The summed E-state index contributed by atoms with van der Waals surface area (Å²) in [6.07, 6.45) is 3.12. The van der Waals surface area contributed by atoms with Crippen LogP contribution in [0.5, 0.6) is 0 Å².